The summed E-state index contributed by atoms with van der Waals surface area (Å²) in [7, 11) is 0. The highest BCUT2D eigenvalue weighted by molar-refractivity contribution is 5.75. The Balaban J connectivity index is 1.73. The van der Waals surface area contributed by atoms with Crippen LogP contribution in [0.5, 0.6) is 0 Å². The van der Waals surface area contributed by atoms with Crippen LogP contribution in [-0.4, -0.2) is 30.9 Å². The number of carbonyl (C=O) groups is 1. The van der Waals surface area contributed by atoms with E-state index in [1.807, 2.05) is 6.92 Å². The van der Waals surface area contributed by atoms with Crippen molar-refractivity contribution >= 4 is 5.91 Å². The van der Waals surface area contributed by atoms with Crippen LogP contribution in [0.1, 0.15) is 52.4 Å². The fourth-order valence-corrected chi connectivity index (χ4v) is 2.72. The van der Waals surface area contributed by atoms with Crippen LogP contribution in [0.4, 0.5) is 0 Å². The topological polar surface area (TPSA) is 47.6 Å². The van der Waals surface area contributed by atoms with Gasteiger partial charge in [0.1, 0.15) is 6.10 Å². The number of hydrogen-bond donors (Lipinski definition) is 1. The second kappa shape index (κ2) is 6.02. The van der Waals surface area contributed by atoms with E-state index in [9.17, 15) is 4.79 Å². The molecule has 1 N–H and O–H groups in total. The van der Waals surface area contributed by atoms with Crippen molar-refractivity contribution in [2.45, 2.75) is 64.3 Å². The zero-order chi connectivity index (χ0) is 13.0. The number of carbonyl (C=O) groups excluding carboxylic acids is 1. The second-order valence-corrected chi connectivity index (χ2v) is 5.70. The van der Waals surface area contributed by atoms with Crippen molar-refractivity contribution in [3.63, 3.8) is 0 Å². The third-order valence-corrected chi connectivity index (χ3v) is 3.95. The fraction of sp³-hybridized carbons (Fsp3) is 0.929. The minimum absolute atomic E-state index is 0.0270. The first-order chi connectivity index (χ1) is 8.63. The summed E-state index contributed by atoms with van der Waals surface area (Å²) in [5.74, 6) is 0.553. The lowest BCUT2D eigenvalue weighted by molar-refractivity contribution is -0.191. The minimum Gasteiger partial charge on any atom is -0.353 e. The molecule has 4 nitrogen and oxygen atoms in total. The summed E-state index contributed by atoms with van der Waals surface area (Å²) in [4.78, 5) is 11.4. The Bertz CT molecular complexity index is 285. The quantitative estimate of drug-likeness (QED) is 0.838. The Kier molecular flexibility index (Phi) is 4.62. The first-order valence-electron chi connectivity index (χ1n) is 7.22. The maximum Gasteiger partial charge on any atom is 0.220 e. The van der Waals surface area contributed by atoms with Gasteiger partial charge < -0.3 is 14.8 Å². The van der Waals surface area contributed by atoms with Crippen molar-refractivity contribution in [2.75, 3.05) is 13.2 Å². The van der Waals surface area contributed by atoms with Gasteiger partial charge in [0.15, 0.2) is 5.79 Å². The van der Waals surface area contributed by atoms with E-state index >= 15 is 0 Å². The molecule has 2 fully saturated rings. The SMILES string of the molecule is CCCC(=O)NC[C@@H]1COC2(CCC(C)CC2)O1. The van der Waals surface area contributed by atoms with Crippen LogP contribution in [0.25, 0.3) is 0 Å². The molecule has 1 atom stereocenters. The Morgan fingerprint density at radius 2 is 2.11 bits per heavy atom. The zero-order valence-electron chi connectivity index (χ0n) is 11.5. The molecule has 1 saturated heterocycles. The van der Waals surface area contributed by atoms with E-state index in [2.05, 4.69) is 12.2 Å². The van der Waals surface area contributed by atoms with Gasteiger partial charge in [0, 0.05) is 25.8 Å². The van der Waals surface area contributed by atoms with Gasteiger partial charge in [0.2, 0.25) is 5.91 Å². The Hall–Kier alpha value is -0.610. The molecule has 4 heteroatoms. The van der Waals surface area contributed by atoms with E-state index in [0.717, 1.165) is 25.2 Å². The van der Waals surface area contributed by atoms with Crippen molar-refractivity contribution in [1.82, 2.24) is 5.32 Å². The van der Waals surface area contributed by atoms with Crippen LogP contribution < -0.4 is 5.32 Å². The highest BCUT2D eigenvalue weighted by Crippen LogP contribution is 2.39. The molecule has 0 aromatic heterocycles. The lowest BCUT2D eigenvalue weighted by Crippen LogP contribution is -2.38. The molecule has 1 heterocycles. The van der Waals surface area contributed by atoms with Crippen LogP contribution in [0.3, 0.4) is 0 Å². The molecule has 2 rings (SSSR count). The van der Waals surface area contributed by atoms with Gasteiger partial charge in [-0.2, -0.15) is 0 Å². The van der Waals surface area contributed by atoms with Crippen molar-refractivity contribution in [1.29, 1.82) is 0 Å². The van der Waals surface area contributed by atoms with Gasteiger partial charge >= 0.3 is 0 Å². The van der Waals surface area contributed by atoms with Gasteiger partial charge in [-0.1, -0.05) is 13.8 Å². The molecule has 0 radical (unpaired) electrons. The molecule has 1 aliphatic heterocycles. The van der Waals surface area contributed by atoms with Gasteiger partial charge in [0.05, 0.1) is 6.61 Å². The van der Waals surface area contributed by atoms with E-state index < -0.39 is 0 Å². The summed E-state index contributed by atoms with van der Waals surface area (Å²) >= 11 is 0. The third-order valence-electron chi connectivity index (χ3n) is 3.95. The van der Waals surface area contributed by atoms with Crippen molar-refractivity contribution in [3.8, 4) is 0 Å². The summed E-state index contributed by atoms with van der Waals surface area (Å²) in [6.45, 7) is 5.48. The van der Waals surface area contributed by atoms with E-state index in [-0.39, 0.29) is 17.8 Å². The molecule has 0 bridgehead atoms. The number of hydrogen-bond acceptors (Lipinski definition) is 3. The Morgan fingerprint density at radius 3 is 2.78 bits per heavy atom. The van der Waals surface area contributed by atoms with Crippen LogP contribution in [0.15, 0.2) is 0 Å². The lowest BCUT2D eigenvalue weighted by atomic mass is 9.86. The van der Waals surface area contributed by atoms with E-state index in [1.165, 1.54) is 12.8 Å². The molecule has 1 spiro atoms. The Labute approximate surface area is 109 Å². The Morgan fingerprint density at radius 1 is 1.39 bits per heavy atom. The maximum absolute atomic E-state index is 11.4. The molecule has 104 valence electrons. The molecule has 0 unspecified atom stereocenters. The van der Waals surface area contributed by atoms with Gasteiger partial charge in [-0.3, -0.25) is 4.79 Å². The summed E-state index contributed by atoms with van der Waals surface area (Å²) in [5, 5.41) is 2.91. The van der Waals surface area contributed by atoms with Gasteiger partial charge in [0.25, 0.3) is 0 Å². The largest absolute Gasteiger partial charge is 0.353 e. The van der Waals surface area contributed by atoms with Crippen LogP contribution in [0.2, 0.25) is 0 Å². The van der Waals surface area contributed by atoms with Gasteiger partial charge in [-0.25, -0.2) is 0 Å². The first-order valence-corrected chi connectivity index (χ1v) is 7.22. The van der Waals surface area contributed by atoms with Crippen LogP contribution in [-0.2, 0) is 14.3 Å². The second-order valence-electron chi connectivity index (χ2n) is 5.70. The predicted octanol–water partition coefficient (Wildman–Crippen LogP) is 2.22. The average molecular weight is 255 g/mol. The van der Waals surface area contributed by atoms with Crippen molar-refractivity contribution in [3.05, 3.63) is 0 Å². The lowest BCUT2D eigenvalue weighted by Gasteiger charge is -2.34. The number of nitrogens with one attached hydrogen (secondary N) is 1. The standard InChI is InChI=1S/C14H25NO3/c1-3-4-13(16)15-9-12-10-17-14(18-12)7-5-11(2)6-8-14/h11-12H,3-10H2,1-2H3,(H,15,16)/t11?,12-,14?/m1/s1. The van der Waals surface area contributed by atoms with Crippen molar-refractivity contribution in [2.24, 2.45) is 5.92 Å². The molecule has 2 aliphatic rings. The number of amides is 1. The van der Waals surface area contributed by atoms with Gasteiger partial charge in [-0.05, 0) is 25.2 Å². The van der Waals surface area contributed by atoms with E-state index in [4.69, 9.17) is 9.47 Å². The molecule has 1 saturated carbocycles. The molecule has 0 aromatic rings. The zero-order valence-corrected chi connectivity index (χ0v) is 11.5. The molecule has 1 aliphatic carbocycles. The summed E-state index contributed by atoms with van der Waals surface area (Å²) < 4.78 is 11.9. The number of ether oxygens (including phenoxy) is 2. The van der Waals surface area contributed by atoms with E-state index in [1.54, 1.807) is 0 Å². The monoisotopic (exact) mass is 255 g/mol. The maximum atomic E-state index is 11.4. The molecule has 1 amide bonds. The highest BCUT2D eigenvalue weighted by atomic mass is 16.7. The molecular weight excluding hydrogens is 230 g/mol. The summed E-state index contributed by atoms with van der Waals surface area (Å²) in [5.41, 5.74) is 0. The van der Waals surface area contributed by atoms with Crippen LogP contribution in [0, 0.1) is 5.92 Å². The van der Waals surface area contributed by atoms with E-state index in [0.29, 0.717) is 19.6 Å². The normalized spacial score (nSPS) is 35.9. The summed E-state index contributed by atoms with van der Waals surface area (Å²) in [6, 6.07) is 0. The average Bonchev–Trinajstić information content (AvgIpc) is 2.75. The first kappa shape index (κ1) is 13.8. The highest BCUT2D eigenvalue weighted by Gasteiger charge is 2.43. The minimum atomic E-state index is -0.341. The smallest absolute Gasteiger partial charge is 0.220 e. The van der Waals surface area contributed by atoms with Crippen LogP contribution >= 0.6 is 0 Å². The predicted molar refractivity (Wildman–Crippen MR) is 69.1 cm³/mol. The molecular formula is C14H25NO3. The van der Waals surface area contributed by atoms with Crippen molar-refractivity contribution < 1.29 is 14.3 Å². The molecule has 0 aromatic carbocycles. The fourth-order valence-electron chi connectivity index (χ4n) is 2.72. The van der Waals surface area contributed by atoms with Gasteiger partial charge in [-0.15, -0.1) is 0 Å². The third kappa shape index (κ3) is 3.45. The molecule has 18 heavy (non-hydrogen) atoms. The summed E-state index contributed by atoms with van der Waals surface area (Å²) in [6.07, 6.45) is 5.84. The number of rotatable bonds is 4.